The number of halogens is 1. The number of hydrogen-bond donors (Lipinski definition) is 2. The van der Waals surface area contributed by atoms with E-state index in [1.54, 1.807) is 0 Å². The zero-order valence-electron chi connectivity index (χ0n) is 15.1. The standard InChI is InChI=1S/C21H26ClN3O/c1-15-7-8-18(22)12-20(15)25-10-9-17(14-25)13-24-21(26)19(23)11-16-5-3-2-4-6-16/h2-8,12,17,19H,9-11,13-14,23H2,1H3,(H,24,26). The fraction of sp³-hybridized carbons (Fsp3) is 0.381. The van der Waals surface area contributed by atoms with Crippen LogP contribution in [0.5, 0.6) is 0 Å². The maximum Gasteiger partial charge on any atom is 0.237 e. The summed E-state index contributed by atoms with van der Waals surface area (Å²) in [6.45, 7) is 4.67. The van der Waals surface area contributed by atoms with Gasteiger partial charge in [-0.15, -0.1) is 0 Å². The first-order chi connectivity index (χ1) is 12.5. The van der Waals surface area contributed by atoms with Crippen LogP contribution in [-0.2, 0) is 11.2 Å². The van der Waals surface area contributed by atoms with Crippen LogP contribution in [0.3, 0.4) is 0 Å². The van der Waals surface area contributed by atoms with Crippen LogP contribution in [-0.4, -0.2) is 31.6 Å². The van der Waals surface area contributed by atoms with Gasteiger partial charge in [0.1, 0.15) is 0 Å². The summed E-state index contributed by atoms with van der Waals surface area (Å²) in [4.78, 5) is 14.6. The molecule has 2 aromatic carbocycles. The van der Waals surface area contributed by atoms with Gasteiger partial charge in [-0.3, -0.25) is 4.79 Å². The Kier molecular flexibility index (Phi) is 6.17. The summed E-state index contributed by atoms with van der Waals surface area (Å²) >= 11 is 6.14. The molecule has 0 aliphatic carbocycles. The van der Waals surface area contributed by atoms with Gasteiger partial charge < -0.3 is 16.0 Å². The number of amides is 1. The fourth-order valence-corrected chi connectivity index (χ4v) is 3.64. The number of anilines is 1. The fourth-order valence-electron chi connectivity index (χ4n) is 3.48. The van der Waals surface area contributed by atoms with Crippen LogP contribution in [0, 0.1) is 12.8 Å². The van der Waals surface area contributed by atoms with Crippen LogP contribution < -0.4 is 16.0 Å². The monoisotopic (exact) mass is 371 g/mol. The highest BCUT2D eigenvalue weighted by molar-refractivity contribution is 6.30. The Labute approximate surface area is 160 Å². The van der Waals surface area contributed by atoms with Crippen molar-refractivity contribution in [3.05, 3.63) is 64.7 Å². The van der Waals surface area contributed by atoms with E-state index in [4.69, 9.17) is 17.3 Å². The second kappa shape index (κ2) is 8.56. The highest BCUT2D eigenvalue weighted by Crippen LogP contribution is 2.29. The molecule has 1 aliphatic heterocycles. The van der Waals surface area contributed by atoms with E-state index in [2.05, 4.69) is 23.2 Å². The topological polar surface area (TPSA) is 58.4 Å². The Hall–Kier alpha value is -2.04. The number of benzene rings is 2. The molecule has 5 heteroatoms. The Morgan fingerprint density at radius 3 is 2.85 bits per heavy atom. The lowest BCUT2D eigenvalue weighted by Gasteiger charge is -2.21. The maximum atomic E-state index is 12.3. The molecule has 0 aromatic heterocycles. The average molecular weight is 372 g/mol. The smallest absolute Gasteiger partial charge is 0.237 e. The van der Waals surface area contributed by atoms with Gasteiger partial charge in [-0.2, -0.15) is 0 Å². The van der Waals surface area contributed by atoms with Gasteiger partial charge in [0.05, 0.1) is 6.04 Å². The molecule has 3 N–H and O–H groups in total. The molecule has 2 aromatic rings. The molecule has 1 fully saturated rings. The largest absolute Gasteiger partial charge is 0.371 e. The highest BCUT2D eigenvalue weighted by atomic mass is 35.5. The normalized spacial score (nSPS) is 18.0. The minimum atomic E-state index is -0.509. The maximum absolute atomic E-state index is 12.3. The quantitative estimate of drug-likeness (QED) is 0.820. The molecule has 1 heterocycles. The van der Waals surface area contributed by atoms with Crippen LogP contribution in [0.1, 0.15) is 17.5 Å². The molecule has 2 unspecified atom stereocenters. The van der Waals surface area contributed by atoms with Gasteiger partial charge in [0, 0.05) is 30.3 Å². The summed E-state index contributed by atoms with van der Waals surface area (Å²) in [5.41, 5.74) is 9.55. The molecule has 2 atom stereocenters. The molecule has 1 aliphatic rings. The third kappa shape index (κ3) is 4.77. The van der Waals surface area contributed by atoms with E-state index < -0.39 is 6.04 Å². The minimum absolute atomic E-state index is 0.0776. The molecular formula is C21H26ClN3O. The third-order valence-corrected chi connectivity index (χ3v) is 5.23. The number of nitrogens with zero attached hydrogens (tertiary/aromatic N) is 1. The van der Waals surface area contributed by atoms with Crippen LogP contribution in [0.15, 0.2) is 48.5 Å². The SMILES string of the molecule is Cc1ccc(Cl)cc1N1CCC(CNC(=O)C(N)Cc2ccccc2)C1. The number of nitrogens with two attached hydrogens (primary N) is 1. The Bertz CT molecular complexity index is 750. The summed E-state index contributed by atoms with van der Waals surface area (Å²) in [7, 11) is 0. The number of carbonyl (C=O) groups is 1. The number of rotatable bonds is 6. The number of carbonyl (C=O) groups excluding carboxylic acids is 1. The lowest BCUT2D eigenvalue weighted by atomic mass is 10.1. The van der Waals surface area contributed by atoms with E-state index in [0.717, 1.165) is 30.1 Å². The number of nitrogens with one attached hydrogen (secondary N) is 1. The van der Waals surface area contributed by atoms with Crippen molar-refractivity contribution in [3.8, 4) is 0 Å². The molecule has 3 rings (SSSR count). The van der Waals surface area contributed by atoms with Crippen molar-refractivity contribution in [2.45, 2.75) is 25.8 Å². The molecule has 1 amide bonds. The summed E-state index contributed by atoms with van der Waals surface area (Å²) in [6.07, 6.45) is 1.62. The van der Waals surface area contributed by atoms with Crippen molar-refractivity contribution in [3.63, 3.8) is 0 Å². The van der Waals surface area contributed by atoms with Gasteiger partial charge in [0.15, 0.2) is 0 Å². The molecule has 0 saturated carbocycles. The van der Waals surface area contributed by atoms with Crippen molar-refractivity contribution >= 4 is 23.2 Å². The Morgan fingerprint density at radius 2 is 2.08 bits per heavy atom. The van der Waals surface area contributed by atoms with E-state index in [1.165, 1.54) is 11.3 Å². The molecule has 1 saturated heterocycles. The van der Waals surface area contributed by atoms with E-state index in [9.17, 15) is 4.79 Å². The molecule has 0 bridgehead atoms. The van der Waals surface area contributed by atoms with Crippen LogP contribution in [0.2, 0.25) is 5.02 Å². The first kappa shape index (κ1) is 18.7. The van der Waals surface area contributed by atoms with E-state index >= 15 is 0 Å². The van der Waals surface area contributed by atoms with Crippen molar-refractivity contribution in [2.75, 3.05) is 24.5 Å². The van der Waals surface area contributed by atoms with Crippen molar-refractivity contribution in [2.24, 2.45) is 11.7 Å². The first-order valence-electron chi connectivity index (χ1n) is 9.11. The zero-order valence-corrected chi connectivity index (χ0v) is 15.9. The zero-order chi connectivity index (χ0) is 18.5. The number of aryl methyl sites for hydroxylation is 1. The highest BCUT2D eigenvalue weighted by Gasteiger charge is 2.25. The van der Waals surface area contributed by atoms with Gasteiger partial charge in [-0.25, -0.2) is 0 Å². The Morgan fingerprint density at radius 1 is 1.31 bits per heavy atom. The van der Waals surface area contributed by atoms with Crippen molar-refractivity contribution in [1.29, 1.82) is 0 Å². The second-order valence-electron chi connectivity index (χ2n) is 7.07. The van der Waals surface area contributed by atoms with Gasteiger partial charge in [0.25, 0.3) is 0 Å². The summed E-state index contributed by atoms with van der Waals surface area (Å²) in [5, 5.41) is 3.78. The third-order valence-electron chi connectivity index (χ3n) is 5.00. The van der Waals surface area contributed by atoms with Crippen LogP contribution >= 0.6 is 11.6 Å². The Balaban J connectivity index is 1.48. The predicted molar refractivity (Wildman–Crippen MR) is 108 cm³/mol. The van der Waals surface area contributed by atoms with Crippen LogP contribution in [0.25, 0.3) is 0 Å². The summed E-state index contributed by atoms with van der Waals surface area (Å²) < 4.78 is 0. The number of hydrogen-bond acceptors (Lipinski definition) is 3. The lowest BCUT2D eigenvalue weighted by Crippen LogP contribution is -2.44. The molecule has 4 nitrogen and oxygen atoms in total. The molecule has 26 heavy (non-hydrogen) atoms. The average Bonchev–Trinajstić information content (AvgIpc) is 3.11. The van der Waals surface area contributed by atoms with Gasteiger partial charge >= 0.3 is 0 Å². The van der Waals surface area contributed by atoms with Gasteiger partial charge in [0.2, 0.25) is 5.91 Å². The van der Waals surface area contributed by atoms with Gasteiger partial charge in [-0.05, 0) is 48.9 Å². The molecular weight excluding hydrogens is 346 g/mol. The summed E-state index contributed by atoms with van der Waals surface area (Å²) in [6, 6.07) is 15.4. The van der Waals surface area contributed by atoms with E-state index in [-0.39, 0.29) is 5.91 Å². The molecule has 138 valence electrons. The van der Waals surface area contributed by atoms with E-state index in [0.29, 0.717) is 18.9 Å². The van der Waals surface area contributed by atoms with Crippen molar-refractivity contribution < 1.29 is 4.79 Å². The van der Waals surface area contributed by atoms with Gasteiger partial charge in [-0.1, -0.05) is 48.0 Å². The molecule has 0 radical (unpaired) electrons. The lowest BCUT2D eigenvalue weighted by molar-refractivity contribution is -0.122. The minimum Gasteiger partial charge on any atom is -0.371 e. The van der Waals surface area contributed by atoms with E-state index in [1.807, 2.05) is 42.5 Å². The first-order valence-corrected chi connectivity index (χ1v) is 9.49. The summed E-state index contributed by atoms with van der Waals surface area (Å²) in [5.74, 6) is 0.354. The van der Waals surface area contributed by atoms with Crippen molar-refractivity contribution in [1.82, 2.24) is 5.32 Å². The molecule has 0 spiro atoms. The van der Waals surface area contributed by atoms with Crippen LogP contribution in [0.4, 0.5) is 5.69 Å². The predicted octanol–water partition coefficient (Wildman–Crippen LogP) is 3.16. The second-order valence-corrected chi connectivity index (χ2v) is 7.51.